The van der Waals surface area contributed by atoms with Gasteiger partial charge in [-0.1, -0.05) is 29.8 Å². The number of methoxy groups -OCH3 is 1. The van der Waals surface area contributed by atoms with Crippen LogP contribution < -0.4 is 19.7 Å². The van der Waals surface area contributed by atoms with Gasteiger partial charge in [0, 0.05) is 23.3 Å². The van der Waals surface area contributed by atoms with Gasteiger partial charge in [-0.05, 0) is 67.4 Å². The van der Waals surface area contributed by atoms with Crippen molar-refractivity contribution in [3.05, 3.63) is 76.8 Å². The molecule has 10 heteroatoms. The molecule has 0 heterocycles. The number of carbonyl (C=O) groups is 2. The Morgan fingerprint density at radius 3 is 2.29 bits per heavy atom. The molecular formula is C25H26ClN3O5S. The number of anilines is 3. The second-order valence-electron chi connectivity index (χ2n) is 7.91. The molecule has 35 heavy (non-hydrogen) atoms. The van der Waals surface area contributed by atoms with Crippen molar-refractivity contribution in [3.63, 3.8) is 0 Å². The van der Waals surface area contributed by atoms with Gasteiger partial charge in [-0.3, -0.25) is 13.9 Å². The maximum absolute atomic E-state index is 13.8. The van der Waals surface area contributed by atoms with Crippen LogP contribution in [-0.2, 0) is 19.6 Å². The van der Waals surface area contributed by atoms with E-state index in [1.807, 2.05) is 0 Å². The number of hydrogen-bond acceptors (Lipinski definition) is 5. The van der Waals surface area contributed by atoms with Gasteiger partial charge in [0.1, 0.15) is 17.2 Å². The Balaban J connectivity index is 2.00. The predicted molar refractivity (Wildman–Crippen MR) is 138 cm³/mol. The van der Waals surface area contributed by atoms with Crippen LogP contribution in [0.25, 0.3) is 0 Å². The summed E-state index contributed by atoms with van der Waals surface area (Å²) in [4.78, 5) is 24.3. The number of rotatable bonds is 8. The lowest BCUT2D eigenvalue weighted by Crippen LogP contribution is -2.38. The summed E-state index contributed by atoms with van der Waals surface area (Å²) >= 11 is 6.28. The number of nitrogens with zero attached hydrogens (tertiary/aromatic N) is 1. The molecule has 0 bridgehead atoms. The normalized spacial score (nSPS) is 11.0. The molecule has 2 N–H and O–H groups in total. The number of ether oxygens (including phenoxy) is 1. The second kappa shape index (κ2) is 10.8. The molecule has 3 aromatic carbocycles. The fraction of sp³-hybridized carbons (Fsp3) is 0.200. The molecule has 0 saturated carbocycles. The molecule has 0 aliphatic carbocycles. The van der Waals surface area contributed by atoms with Crippen LogP contribution in [0.15, 0.2) is 65.6 Å². The zero-order valence-electron chi connectivity index (χ0n) is 19.8. The summed E-state index contributed by atoms with van der Waals surface area (Å²) in [5, 5.41) is 5.68. The maximum atomic E-state index is 13.8. The smallest absolute Gasteiger partial charge is 0.268 e. The molecule has 0 saturated heterocycles. The zero-order valence-corrected chi connectivity index (χ0v) is 21.3. The molecule has 0 spiro atoms. The summed E-state index contributed by atoms with van der Waals surface area (Å²) in [6.45, 7) is 4.41. The highest BCUT2D eigenvalue weighted by molar-refractivity contribution is 7.93. The van der Waals surface area contributed by atoms with Crippen molar-refractivity contribution in [2.24, 2.45) is 0 Å². The minimum Gasteiger partial charge on any atom is -0.495 e. The molecule has 0 aliphatic heterocycles. The molecule has 0 atom stereocenters. The zero-order chi connectivity index (χ0) is 25.8. The van der Waals surface area contributed by atoms with Gasteiger partial charge in [0.05, 0.1) is 12.8 Å². The first-order valence-corrected chi connectivity index (χ1v) is 12.4. The average Bonchev–Trinajstić information content (AvgIpc) is 2.79. The molecule has 0 aromatic heterocycles. The molecule has 0 fully saturated rings. The summed E-state index contributed by atoms with van der Waals surface area (Å²) in [6.07, 6.45) is 0. The highest BCUT2D eigenvalue weighted by Crippen LogP contribution is 2.32. The first-order valence-electron chi connectivity index (χ1n) is 10.6. The Labute approximate surface area is 209 Å². The Hall–Kier alpha value is -3.56. The number of hydrogen-bond donors (Lipinski definition) is 2. The fourth-order valence-corrected chi connectivity index (χ4v) is 5.20. The standard InChI is InChI=1S/C25H26ClN3O5S/c1-16-8-11-23(34-4)24(12-16)35(32,33)29(21-10-9-17(2)22(26)14-21)15-25(31)28-20-7-5-6-19(13-20)27-18(3)30/h5-14H,15H2,1-4H3,(H,27,30)(H,28,31). The number of amides is 2. The Morgan fingerprint density at radius 1 is 0.971 bits per heavy atom. The highest BCUT2D eigenvalue weighted by atomic mass is 35.5. The maximum Gasteiger partial charge on any atom is 0.268 e. The van der Waals surface area contributed by atoms with Crippen LogP contribution in [0.5, 0.6) is 5.75 Å². The molecule has 0 aliphatic rings. The SMILES string of the molecule is COc1ccc(C)cc1S(=O)(=O)N(CC(=O)Nc1cccc(NC(C)=O)c1)c1ccc(C)c(Cl)c1. The molecule has 0 radical (unpaired) electrons. The second-order valence-corrected chi connectivity index (χ2v) is 10.1. The minimum absolute atomic E-state index is 0.0721. The number of carbonyl (C=O) groups excluding carboxylic acids is 2. The number of nitrogens with one attached hydrogen (secondary N) is 2. The van der Waals surface area contributed by atoms with Crippen molar-refractivity contribution < 1.29 is 22.7 Å². The minimum atomic E-state index is -4.23. The average molecular weight is 516 g/mol. The van der Waals surface area contributed by atoms with Crippen LogP contribution >= 0.6 is 11.6 Å². The summed E-state index contributed by atoms with van der Waals surface area (Å²) in [6, 6.07) is 16.1. The van der Waals surface area contributed by atoms with Gasteiger partial charge in [0.2, 0.25) is 11.8 Å². The van der Waals surface area contributed by atoms with E-state index in [-0.39, 0.29) is 22.2 Å². The van der Waals surface area contributed by atoms with Crippen LogP contribution in [0.1, 0.15) is 18.1 Å². The van der Waals surface area contributed by atoms with E-state index in [0.717, 1.165) is 9.87 Å². The van der Waals surface area contributed by atoms with Gasteiger partial charge in [-0.2, -0.15) is 0 Å². The van der Waals surface area contributed by atoms with Crippen LogP contribution in [0.2, 0.25) is 5.02 Å². The fourth-order valence-electron chi connectivity index (χ4n) is 3.37. The Kier molecular flexibility index (Phi) is 8.03. The summed E-state index contributed by atoms with van der Waals surface area (Å²) in [5.41, 5.74) is 2.60. The Morgan fingerprint density at radius 2 is 1.66 bits per heavy atom. The van der Waals surface area contributed by atoms with Crippen molar-refractivity contribution in [1.82, 2.24) is 0 Å². The predicted octanol–water partition coefficient (Wildman–Crippen LogP) is 4.76. The van der Waals surface area contributed by atoms with Crippen molar-refractivity contribution in [1.29, 1.82) is 0 Å². The molecule has 0 unspecified atom stereocenters. The van der Waals surface area contributed by atoms with Gasteiger partial charge in [-0.25, -0.2) is 8.42 Å². The van der Waals surface area contributed by atoms with E-state index >= 15 is 0 Å². The highest BCUT2D eigenvalue weighted by Gasteiger charge is 2.30. The molecule has 3 rings (SSSR count). The van der Waals surface area contributed by atoms with Crippen molar-refractivity contribution >= 4 is 50.5 Å². The van der Waals surface area contributed by atoms with E-state index in [1.54, 1.807) is 62.4 Å². The summed E-state index contributed by atoms with van der Waals surface area (Å²) in [7, 11) is -2.85. The van der Waals surface area contributed by atoms with Crippen LogP contribution in [0.3, 0.4) is 0 Å². The van der Waals surface area contributed by atoms with Gasteiger partial charge < -0.3 is 15.4 Å². The monoisotopic (exact) mass is 515 g/mol. The largest absolute Gasteiger partial charge is 0.495 e. The van der Waals surface area contributed by atoms with Crippen molar-refractivity contribution in [3.8, 4) is 5.75 Å². The lowest BCUT2D eigenvalue weighted by molar-refractivity contribution is -0.115. The lowest BCUT2D eigenvalue weighted by atomic mass is 10.2. The quantitative estimate of drug-likeness (QED) is 0.450. The number of sulfonamides is 1. The first kappa shape index (κ1) is 26.1. The van der Waals surface area contributed by atoms with E-state index in [0.29, 0.717) is 22.0 Å². The van der Waals surface area contributed by atoms with E-state index in [1.165, 1.54) is 26.2 Å². The number of aryl methyl sites for hydroxylation is 2. The van der Waals surface area contributed by atoms with Gasteiger partial charge in [-0.15, -0.1) is 0 Å². The van der Waals surface area contributed by atoms with E-state index in [9.17, 15) is 18.0 Å². The van der Waals surface area contributed by atoms with Gasteiger partial charge >= 0.3 is 0 Å². The number of benzene rings is 3. The molecule has 8 nitrogen and oxygen atoms in total. The van der Waals surface area contributed by atoms with Crippen LogP contribution in [0, 0.1) is 13.8 Å². The van der Waals surface area contributed by atoms with Gasteiger partial charge in [0.25, 0.3) is 10.0 Å². The van der Waals surface area contributed by atoms with Gasteiger partial charge in [0.15, 0.2) is 0 Å². The first-order chi connectivity index (χ1) is 16.5. The topological polar surface area (TPSA) is 105 Å². The lowest BCUT2D eigenvalue weighted by Gasteiger charge is -2.25. The third kappa shape index (κ3) is 6.32. The molecule has 184 valence electrons. The van der Waals surface area contributed by atoms with Crippen molar-refractivity contribution in [2.75, 3.05) is 28.6 Å². The third-order valence-electron chi connectivity index (χ3n) is 5.08. The van der Waals surface area contributed by atoms with Crippen LogP contribution in [0.4, 0.5) is 17.1 Å². The molecule has 2 amide bonds. The number of halogens is 1. The summed E-state index contributed by atoms with van der Waals surface area (Å²) in [5.74, 6) is -0.687. The summed E-state index contributed by atoms with van der Waals surface area (Å²) < 4.78 is 33.9. The van der Waals surface area contributed by atoms with Crippen LogP contribution in [-0.4, -0.2) is 33.9 Å². The third-order valence-corrected chi connectivity index (χ3v) is 7.29. The van der Waals surface area contributed by atoms with Crippen molar-refractivity contribution in [2.45, 2.75) is 25.7 Å². The van der Waals surface area contributed by atoms with E-state index in [4.69, 9.17) is 16.3 Å². The molecular weight excluding hydrogens is 490 g/mol. The molecule has 3 aromatic rings. The Bertz CT molecular complexity index is 1380. The van der Waals surface area contributed by atoms with E-state index < -0.39 is 22.5 Å². The van der Waals surface area contributed by atoms with E-state index in [2.05, 4.69) is 10.6 Å².